The van der Waals surface area contributed by atoms with Crippen molar-refractivity contribution >= 4 is 65.4 Å². The minimum absolute atomic E-state index is 1.16. The molecule has 0 N–H and O–H groups in total. The largest absolute Gasteiger partial charge is 0.309 e. The highest BCUT2D eigenvalue weighted by Gasteiger charge is 2.25. The van der Waals surface area contributed by atoms with Gasteiger partial charge in [0, 0.05) is 54.8 Å². The molecule has 0 spiro atoms. The molecular formula is C54H33N3. The molecule has 1 aliphatic heterocycles. The molecule has 13 rings (SSSR count). The van der Waals surface area contributed by atoms with Crippen molar-refractivity contribution in [3.63, 3.8) is 0 Å². The average molecular weight is 724 g/mol. The lowest BCUT2D eigenvalue weighted by molar-refractivity contribution is 1.17. The summed E-state index contributed by atoms with van der Waals surface area (Å²) in [4.78, 5) is 0. The Hall–Kier alpha value is -7.62. The van der Waals surface area contributed by atoms with Crippen molar-refractivity contribution < 1.29 is 0 Å². The van der Waals surface area contributed by atoms with E-state index in [1.54, 1.807) is 0 Å². The van der Waals surface area contributed by atoms with Gasteiger partial charge in [-0.25, -0.2) is 0 Å². The third-order valence-electron chi connectivity index (χ3n) is 12.4. The summed E-state index contributed by atoms with van der Waals surface area (Å²) in [6.45, 7) is 0. The second kappa shape index (κ2) is 11.5. The van der Waals surface area contributed by atoms with Gasteiger partial charge in [0.25, 0.3) is 0 Å². The molecular weight excluding hydrogens is 691 g/mol. The maximum Gasteiger partial charge on any atom is 0.0619 e. The number of rotatable bonds is 3. The summed E-state index contributed by atoms with van der Waals surface area (Å²) in [5, 5.41) is 7.54. The van der Waals surface area contributed by atoms with E-state index in [1.165, 1.54) is 110 Å². The quantitative estimate of drug-likeness (QED) is 0.172. The summed E-state index contributed by atoms with van der Waals surface area (Å²) in [6.07, 6.45) is 0. The van der Waals surface area contributed by atoms with Crippen molar-refractivity contribution in [3.05, 3.63) is 200 Å². The van der Waals surface area contributed by atoms with Crippen LogP contribution >= 0.6 is 0 Å². The van der Waals surface area contributed by atoms with Gasteiger partial charge in [-0.3, -0.25) is 0 Å². The second-order valence-electron chi connectivity index (χ2n) is 15.3. The van der Waals surface area contributed by atoms with Crippen molar-refractivity contribution in [2.45, 2.75) is 0 Å². The van der Waals surface area contributed by atoms with Gasteiger partial charge in [-0.2, -0.15) is 0 Å². The standard InChI is InChI=1S/C54H33N3/c1-2-13-36(14-3-1)55-48-22-9-7-18-41(48)45-31-34(25-28-51(45)55)35-26-29-52-46(32-35)42-19-8-10-23-49(42)56(52)37-27-30-53-47(33-37)44-21-12-20-43-39-16-5-4-15-38(39)40-17-6-11-24-50(40)57(53)54(43)44/h1-33H. The zero-order valence-corrected chi connectivity index (χ0v) is 30.9. The highest BCUT2D eigenvalue weighted by molar-refractivity contribution is 6.18. The van der Waals surface area contributed by atoms with Crippen molar-refractivity contribution in [3.8, 4) is 50.4 Å². The van der Waals surface area contributed by atoms with Crippen LogP contribution in [0.5, 0.6) is 0 Å². The number of fused-ring (bicyclic) bond motifs is 14. The van der Waals surface area contributed by atoms with Gasteiger partial charge in [-0.1, -0.05) is 127 Å². The first-order valence-electron chi connectivity index (χ1n) is 19.7. The van der Waals surface area contributed by atoms with E-state index < -0.39 is 0 Å². The Morgan fingerprint density at radius 3 is 1.42 bits per heavy atom. The molecule has 0 unspecified atom stereocenters. The monoisotopic (exact) mass is 723 g/mol. The molecule has 3 aromatic heterocycles. The molecule has 0 amide bonds. The molecule has 1 aliphatic rings. The topological polar surface area (TPSA) is 14.8 Å². The zero-order chi connectivity index (χ0) is 37.2. The normalized spacial score (nSPS) is 12.2. The first kappa shape index (κ1) is 30.7. The van der Waals surface area contributed by atoms with Crippen LogP contribution in [0.2, 0.25) is 0 Å². The van der Waals surface area contributed by atoms with Crippen molar-refractivity contribution in [2.24, 2.45) is 0 Å². The highest BCUT2D eigenvalue weighted by Crippen LogP contribution is 2.47. The minimum Gasteiger partial charge on any atom is -0.309 e. The lowest BCUT2D eigenvalue weighted by Crippen LogP contribution is -1.96. The lowest BCUT2D eigenvalue weighted by atomic mass is 9.94. The average Bonchev–Trinajstić information content (AvgIpc) is 3.88. The first-order chi connectivity index (χ1) is 28.3. The molecule has 3 heteroatoms. The molecule has 264 valence electrons. The Morgan fingerprint density at radius 1 is 0.246 bits per heavy atom. The number of aromatic nitrogens is 3. The molecule has 12 aromatic rings. The molecule has 0 fully saturated rings. The van der Waals surface area contributed by atoms with Crippen LogP contribution in [0.25, 0.3) is 116 Å². The van der Waals surface area contributed by atoms with Crippen LogP contribution in [-0.4, -0.2) is 13.7 Å². The molecule has 0 aliphatic carbocycles. The molecule has 4 heterocycles. The molecule has 0 bridgehead atoms. The third-order valence-corrected chi connectivity index (χ3v) is 12.4. The summed E-state index contributed by atoms with van der Waals surface area (Å²) < 4.78 is 7.32. The van der Waals surface area contributed by atoms with Crippen molar-refractivity contribution in [1.29, 1.82) is 0 Å². The molecule has 0 radical (unpaired) electrons. The van der Waals surface area contributed by atoms with Crippen LogP contribution < -0.4 is 0 Å². The van der Waals surface area contributed by atoms with E-state index in [2.05, 4.69) is 214 Å². The molecule has 0 saturated heterocycles. The fourth-order valence-electron chi connectivity index (χ4n) is 9.95. The summed E-state index contributed by atoms with van der Waals surface area (Å²) in [7, 11) is 0. The molecule has 57 heavy (non-hydrogen) atoms. The van der Waals surface area contributed by atoms with Gasteiger partial charge in [0.15, 0.2) is 0 Å². The minimum atomic E-state index is 1.16. The zero-order valence-electron chi connectivity index (χ0n) is 30.9. The fraction of sp³-hybridized carbons (Fsp3) is 0. The van der Waals surface area contributed by atoms with E-state index in [0.29, 0.717) is 0 Å². The maximum atomic E-state index is 2.49. The van der Waals surface area contributed by atoms with Gasteiger partial charge in [0.05, 0.1) is 38.8 Å². The predicted octanol–water partition coefficient (Wildman–Crippen LogP) is 14.3. The summed E-state index contributed by atoms with van der Waals surface area (Å²) in [5.74, 6) is 0. The van der Waals surface area contributed by atoms with E-state index in [9.17, 15) is 0 Å². The number of hydrogen-bond donors (Lipinski definition) is 0. The summed E-state index contributed by atoms with van der Waals surface area (Å²) >= 11 is 0. The smallest absolute Gasteiger partial charge is 0.0619 e. The van der Waals surface area contributed by atoms with Crippen molar-refractivity contribution in [1.82, 2.24) is 13.7 Å². The van der Waals surface area contributed by atoms with E-state index in [1.807, 2.05) is 0 Å². The lowest BCUT2D eigenvalue weighted by Gasteiger charge is -2.13. The Bertz CT molecular complexity index is 3630. The summed E-state index contributed by atoms with van der Waals surface area (Å²) in [6, 6.07) is 73.8. The van der Waals surface area contributed by atoms with Crippen LogP contribution in [0.3, 0.4) is 0 Å². The SMILES string of the molecule is c1ccc(-n2c3ccccc3c3cc(-c4ccc5c(c4)c4ccccc4n5-c4ccc5c(c4)c4cccc6c4n5-c4ccccc4-c4ccccc4-6)ccc32)cc1. The number of nitrogens with zero attached hydrogens (tertiary/aromatic N) is 3. The Labute approximate surface area is 328 Å². The van der Waals surface area contributed by atoms with E-state index in [4.69, 9.17) is 0 Å². The fourth-order valence-corrected chi connectivity index (χ4v) is 9.95. The first-order valence-corrected chi connectivity index (χ1v) is 19.7. The molecule has 0 atom stereocenters. The van der Waals surface area contributed by atoms with E-state index in [0.717, 1.165) is 5.69 Å². The molecule has 0 saturated carbocycles. The molecule has 3 nitrogen and oxygen atoms in total. The van der Waals surface area contributed by atoms with Gasteiger partial charge < -0.3 is 13.7 Å². The number of para-hydroxylation sites is 5. The van der Waals surface area contributed by atoms with Gasteiger partial charge in [0.2, 0.25) is 0 Å². The number of hydrogen-bond acceptors (Lipinski definition) is 0. The van der Waals surface area contributed by atoms with Gasteiger partial charge >= 0.3 is 0 Å². The Morgan fingerprint density at radius 2 is 0.719 bits per heavy atom. The second-order valence-corrected chi connectivity index (χ2v) is 15.3. The highest BCUT2D eigenvalue weighted by atomic mass is 15.0. The predicted molar refractivity (Wildman–Crippen MR) is 239 cm³/mol. The summed E-state index contributed by atoms with van der Waals surface area (Å²) in [5.41, 5.74) is 18.4. The third kappa shape index (κ3) is 4.20. The van der Waals surface area contributed by atoms with Gasteiger partial charge in [-0.15, -0.1) is 0 Å². The van der Waals surface area contributed by atoms with Crippen LogP contribution in [0.15, 0.2) is 200 Å². The van der Waals surface area contributed by atoms with Crippen LogP contribution in [-0.2, 0) is 0 Å². The number of benzene rings is 9. The maximum absolute atomic E-state index is 2.49. The van der Waals surface area contributed by atoms with Gasteiger partial charge in [0.1, 0.15) is 0 Å². The van der Waals surface area contributed by atoms with E-state index in [-0.39, 0.29) is 0 Å². The Kier molecular flexibility index (Phi) is 6.16. The van der Waals surface area contributed by atoms with Crippen molar-refractivity contribution in [2.75, 3.05) is 0 Å². The van der Waals surface area contributed by atoms with E-state index >= 15 is 0 Å². The molecule has 9 aromatic carbocycles. The van der Waals surface area contributed by atoms with Crippen LogP contribution in [0.4, 0.5) is 0 Å². The van der Waals surface area contributed by atoms with Crippen LogP contribution in [0, 0.1) is 0 Å². The van der Waals surface area contributed by atoms with Gasteiger partial charge in [-0.05, 0) is 95.1 Å². The van der Waals surface area contributed by atoms with Crippen LogP contribution in [0.1, 0.15) is 0 Å². The Balaban J connectivity index is 1.01.